The summed E-state index contributed by atoms with van der Waals surface area (Å²) in [4.78, 5) is 40.6. The number of nitrogens with zero attached hydrogens (tertiary/aromatic N) is 4. The van der Waals surface area contributed by atoms with Crippen LogP contribution in [0.15, 0.2) is 34.4 Å². The fourth-order valence-corrected chi connectivity index (χ4v) is 5.02. The van der Waals surface area contributed by atoms with E-state index in [9.17, 15) is 9.59 Å². The number of carbonyl (C=O) groups excluding carboxylic acids is 2. The van der Waals surface area contributed by atoms with Gasteiger partial charge in [-0.3, -0.25) is 19.7 Å². The van der Waals surface area contributed by atoms with Crippen molar-refractivity contribution in [2.75, 3.05) is 39.1 Å². The van der Waals surface area contributed by atoms with Crippen LogP contribution in [0, 0.1) is 0 Å². The van der Waals surface area contributed by atoms with E-state index in [0.717, 1.165) is 55.0 Å². The Labute approximate surface area is 250 Å². The normalized spacial score (nSPS) is 16.3. The van der Waals surface area contributed by atoms with Crippen molar-refractivity contribution < 1.29 is 19.1 Å². The molecule has 0 bridgehead atoms. The summed E-state index contributed by atoms with van der Waals surface area (Å²) in [7, 11) is 1.72. The highest BCUT2D eigenvalue weighted by molar-refractivity contribution is 5.92. The number of amidine groups is 1. The van der Waals surface area contributed by atoms with Gasteiger partial charge < -0.3 is 20.5 Å². The Morgan fingerprint density at radius 3 is 2.79 bits per heavy atom. The lowest BCUT2D eigenvalue weighted by Crippen LogP contribution is -2.53. The van der Waals surface area contributed by atoms with Crippen LogP contribution in [0.5, 0.6) is 0 Å². The van der Waals surface area contributed by atoms with Crippen LogP contribution in [0.25, 0.3) is 10.9 Å². The van der Waals surface area contributed by atoms with Gasteiger partial charge in [-0.05, 0) is 89.0 Å². The third kappa shape index (κ3) is 10.1. The van der Waals surface area contributed by atoms with Crippen LogP contribution in [-0.4, -0.2) is 78.9 Å². The maximum absolute atomic E-state index is 13.0. The maximum atomic E-state index is 13.0. The monoisotopic (exact) mass is 580 g/mol. The molecular formula is C32H48N6O4. The first-order valence-corrected chi connectivity index (χ1v) is 15.1. The lowest BCUT2D eigenvalue weighted by atomic mass is 9.95. The fourth-order valence-electron chi connectivity index (χ4n) is 5.02. The van der Waals surface area contributed by atoms with Crippen molar-refractivity contribution >= 4 is 40.6 Å². The molecule has 1 saturated heterocycles. The molecule has 1 aromatic heterocycles. The Morgan fingerprint density at radius 1 is 1.24 bits per heavy atom. The molecule has 1 atom stereocenters. The van der Waals surface area contributed by atoms with E-state index in [2.05, 4.69) is 33.3 Å². The molecule has 2 heterocycles. The van der Waals surface area contributed by atoms with Gasteiger partial charge in [0.15, 0.2) is 0 Å². The van der Waals surface area contributed by atoms with Crippen LogP contribution in [0.4, 0.5) is 10.5 Å². The van der Waals surface area contributed by atoms with Gasteiger partial charge in [-0.15, -0.1) is 0 Å². The zero-order valence-corrected chi connectivity index (χ0v) is 25.9. The summed E-state index contributed by atoms with van der Waals surface area (Å²) in [6, 6.07) is 5.60. The van der Waals surface area contributed by atoms with Crippen LogP contribution in [0.1, 0.15) is 77.3 Å². The van der Waals surface area contributed by atoms with E-state index in [4.69, 9.17) is 15.2 Å². The molecule has 42 heavy (non-hydrogen) atoms. The minimum atomic E-state index is -0.600. The molecule has 1 aromatic carbocycles. The summed E-state index contributed by atoms with van der Waals surface area (Å²) in [5.41, 5.74) is 9.37. The third-order valence-electron chi connectivity index (χ3n) is 7.07. The smallest absolute Gasteiger partial charge is 0.410 e. The second-order valence-electron chi connectivity index (χ2n) is 11.7. The van der Waals surface area contributed by atoms with Crippen LogP contribution in [-0.2, 0) is 27.1 Å². The van der Waals surface area contributed by atoms with Gasteiger partial charge in [-0.1, -0.05) is 13.0 Å². The summed E-state index contributed by atoms with van der Waals surface area (Å²) in [6.45, 7) is 9.73. The Balaban J connectivity index is 1.61. The van der Waals surface area contributed by atoms with Crippen molar-refractivity contribution in [3.8, 4) is 0 Å². The number of fused-ring (bicyclic) bond motifs is 1. The lowest BCUT2D eigenvalue weighted by molar-refractivity contribution is -0.127. The van der Waals surface area contributed by atoms with E-state index >= 15 is 0 Å². The topological polar surface area (TPSA) is 132 Å². The average Bonchev–Trinajstić information content (AvgIpc) is 2.95. The first-order valence-electron chi connectivity index (χ1n) is 15.1. The van der Waals surface area contributed by atoms with Gasteiger partial charge >= 0.3 is 6.09 Å². The van der Waals surface area contributed by atoms with Crippen molar-refractivity contribution in [2.45, 2.75) is 90.7 Å². The second kappa shape index (κ2) is 16.2. The summed E-state index contributed by atoms with van der Waals surface area (Å²) in [6.07, 6.45) is 9.64. The highest BCUT2D eigenvalue weighted by Crippen LogP contribution is 2.25. The van der Waals surface area contributed by atoms with Gasteiger partial charge in [0.2, 0.25) is 5.91 Å². The number of carbonyl (C=O) groups is 2. The highest BCUT2D eigenvalue weighted by atomic mass is 16.6. The summed E-state index contributed by atoms with van der Waals surface area (Å²) >= 11 is 0. The van der Waals surface area contributed by atoms with E-state index < -0.39 is 17.7 Å². The highest BCUT2D eigenvalue weighted by Gasteiger charge is 2.34. The number of pyridine rings is 1. The van der Waals surface area contributed by atoms with Gasteiger partial charge in [-0.25, -0.2) is 9.79 Å². The molecule has 3 rings (SSSR count). The molecule has 230 valence electrons. The quantitative estimate of drug-likeness (QED) is 0.204. The van der Waals surface area contributed by atoms with Gasteiger partial charge in [0.1, 0.15) is 24.1 Å². The van der Waals surface area contributed by atoms with Crippen molar-refractivity contribution in [3.05, 3.63) is 35.5 Å². The molecule has 1 aliphatic heterocycles. The molecule has 10 nitrogen and oxygen atoms in total. The largest absolute Gasteiger partial charge is 0.444 e. The van der Waals surface area contributed by atoms with Gasteiger partial charge in [0.25, 0.3) is 0 Å². The Hall–Kier alpha value is -3.53. The second-order valence-corrected chi connectivity index (χ2v) is 11.7. The number of nitrogens with one attached hydrogen (secondary N) is 1. The molecule has 0 aliphatic carbocycles. The van der Waals surface area contributed by atoms with E-state index in [0.29, 0.717) is 50.7 Å². The van der Waals surface area contributed by atoms with Crippen molar-refractivity contribution in [1.29, 1.82) is 0 Å². The first-order chi connectivity index (χ1) is 20.1. The van der Waals surface area contributed by atoms with Gasteiger partial charge in [0.05, 0.1) is 17.4 Å². The zero-order valence-electron chi connectivity index (χ0n) is 25.9. The molecule has 1 unspecified atom stereocenters. The molecule has 2 amide bonds. The van der Waals surface area contributed by atoms with Crippen LogP contribution in [0.3, 0.4) is 0 Å². The van der Waals surface area contributed by atoms with Crippen molar-refractivity contribution in [3.63, 3.8) is 0 Å². The molecule has 0 spiro atoms. The van der Waals surface area contributed by atoms with Crippen LogP contribution in [0.2, 0.25) is 0 Å². The Morgan fingerprint density at radius 2 is 2.05 bits per heavy atom. The van der Waals surface area contributed by atoms with Crippen molar-refractivity contribution in [2.24, 2.45) is 9.98 Å². The third-order valence-corrected chi connectivity index (χ3v) is 7.07. The average molecular weight is 581 g/mol. The van der Waals surface area contributed by atoms with E-state index in [-0.39, 0.29) is 5.91 Å². The first kappa shape index (κ1) is 33.0. The number of benzene rings is 1. The molecule has 10 heteroatoms. The number of rotatable bonds is 12. The minimum absolute atomic E-state index is 0.115. The zero-order chi connectivity index (χ0) is 30.5. The lowest BCUT2D eigenvalue weighted by Gasteiger charge is -2.35. The number of anilines is 1. The number of aromatic nitrogens is 1. The summed E-state index contributed by atoms with van der Waals surface area (Å²) in [5.74, 6) is 0.548. The van der Waals surface area contributed by atoms with E-state index in [1.165, 1.54) is 5.56 Å². The molecule has 2 aromatic rings. The number of hydrogen-bond acceptors (Lipinski definition) is 7. The fraction of sp³-hybridized carbons (Fsp3) is 0.594. The standard InChI is InChI=1S/C32H48N6O4/c1-6-19-41-22-29(34-5)35-17-15-23-13-14-27-26(20-24(33)21-37-27)25(23)11-7-9-16-36-30(39)28-12-8-10-18-38(28)31(40)42-32(2,3)4/h13-14,17,20-21,28H,6-12,15-16,18-19,22,33H2,1-5H3,(H,36,39). The molecule has 1 fully saturated rings. The minimum Gasteiger partial charge on any atom is -0.444 e. The van der Waals surface area contributed by atoms with Crippen molar-refractivity contribution in [1.82, 2.24) is 15.2 Å². The van der Waals surface area contributed by atoms with Gasteiger partial charge in [0, 0.05) is 44.8 Å². The number of nitrogen functional groups attached to an aromatic ring is 1. The maximum Gasteiger partial charge on any atom is 0.410 e. The molecule has 3 N–H and O–H groups in total. The number of unbranched alkanes of at least 4 members (excludes halogenated alkanes) is 1. The molecule has 0 radical (unpaired) electrons. The number of ether oxygens (including phenoxy) is 2. The number of aryl methyl sites for hydroxylation is 1. The molecule has 0 saturated carbocycles. The molecule has 1 aliphatic rings. The van der Waals surface area contributed by atoms with Crippen LogP contribution < -0.4 is 11.1 Å². The number of hydrogen-bond donors (Lipinski definition) is 2. The number of amides is 2. The van der Waals surface area contributed by atoms with E-state index in [1.54, 1.807) is 18.1 Å². The van der Waals surface area contributed by atoms with Gasteiger partial charge in [-0.2, -0.15) is 0 Å². The SMILES string of the molecule is CCCOCC(N=CCc1ccc2ncc(N)cc2c1CCCCNC(=O)C1CCCCN1C(=O)OC(C)(C)C)=NC. The number of nitrogens with two attached hydrogens (primary N) is 1. The Kier molecular flexibility index (Phi) is 12.7. The molecular weight excluding hydrogens is 532 g/mol. The summed E-state index contributed by atoms with van der Waals surface area (Å²) < 4.78 is 11.1. The summed E-state index contributed by atoms with van der Waals surface area (Å²) in [5, 5.41) is 4.09. The van der Waals surface area contributed by atoms with Crippen LogP contribution >= 0.6 is 0 Å². The predicted molar refractivity (Wildman–Crippen MR) is 169 cm³/mol. The Bertz CT molecular complexity index is 1250. The predicted octanol–water partition coefficient (Wildman–Crippen LogP) is 5.11. The number of aliphatic imine (C=N–C) groups is 2. The number of likely N-dealkylation sites (tertiary alicyclic amines) is 1. The van der Waals surface area contributed by atoms with E-state index in [1.807, 2.05) is 39.1 Å². The number of piperidine rings is 1.